The minimum atomic E-state index is -0.520. The topological polar surface area (TPSA) is 63.6 Å². The van der Waals surface area contributed by atoms with Gasteiger partial charge in [-0.15, -0.1) is 0 Å². The molecule has 1 aromatic rings. The second-order valence-corrected chi connectivity index (χ2v) is 4.21. The summed E-state index contributed by atoms with van der Waals surface area (Å²) < 4.78 is 10.4. The third kappa shape index (κ3) is 6.66. The molecular formula is C13H22N2O3. The quantitative estimate of drug-likeness (QED) is 0.675. The van der Waals surface area contributed by atoms with E-state index in [0.717, 1.165) is 5.69 Å². The Morgan fingerprint density at radius 1 is 1.39 bits per heavy atom. The van der Waals surface area contributed by atoms with E-state index in [1.807, 2.05) is 25.1 Å². The van der Waals surface area contributed by atoms with E-state index in [4.69, 9.17) is 9.47 Å². The number of aromatic nitrogens is 1. The van der Waals surface area contributed by atoms with E-state index >= 15 is 0 Å². The zero-order chi connectivity index (χ0) is 13.2. The number of aliphatic hydroxyl groups excluding tert-OH is 1. The average Bonchev–Trinajstić information content (AvgIpc) is 2.38. The van der Waals surface area contributed by atoms with Crippen LogP contribution < -0.4 is 5.32 Å². The van der Waals surface area contributed by atoms with Gasteiger partial charge in [0.25, 0.3) is 0 Å². The molecule has 0 saturated carbocycles. The van der Waals surface area contributed by atoms with Crippen LogP contribution in [0.15, 0.2) is 24.4 Å². The molecule has 102 valence electrons. The Labute approximate surface area is 108 Å². The predicted octanol–water partition coefficient (Wildman–Crippen LogP) is 0.584. The SMILES string of the molecule is COCC(C)OCC(O)CNCc1ccccn1. The number of nitrogens with one attached hydrogen (secondary N) is 1. The lowest BCUT2D eigenvalue weighted by atomic mass is 10.3. The van der Waals surface area contributed by atoms with Crippen molar-refractivity contribution in [3.05, 3.63) is 30.1 Å². The molecule has 0 spiro atoms. The first-order valence-corrected chi connectivity index (χ1v) is 6.11. The normalized spacial score (nSPS) is 14.4. The van der Waals surface area contributed by atoms with Gasteiger partial charge in [-0.1, -0.05) is 6.07 Å². The van der Waals surface area contributed by atoms with E-state index in [0.29, 0.717) is 26.3 Å². The number of nitrogens with zero attached hydrogens (tertiary/aromatic N) is 1. The van der Waals surface area contributed by atoms with Crippen LogP contribution in [0.4, 0.5) is 0 Å². The molecule has 0 fully saturated rings. The highest BCUT2D eigenvalue weighted by Crippen LogP contribution is 1.95. The fourth-order valence-corrected chi connectivity index (χ4v) is 1.49. The molecule has 18 heavy (non-hydrogen) atoms. The molecule has 2 atom stereocenters. The molecule has 0 aliphatic carbocycles. The number of methoxy groups -OCH3 is 1. The van der Waals surface area contributed by atoms with Gasteiger partial charge in [0.1, 0.15) is 0 Å². The molecule has 5 heteroatoms. The van der Waals surface area contributed by atoms with Crippen molar-refractivity contribution in [2.45, 2.75) is 25.7 Å². The highest BCUT2D eigenvalue weighted by atomic mass is 16.5. The zero-order valence-electron chi connectivity index (χ0n) is 11.0. The average molecular weight is 254 g/mol. The van der Waals surface area contributed by atoms with Crippen LogP contribution in [0.2, 0.25) is 0 Å². The lowest BCUT2D eigenvalue weighted by Crippen LogP contribution is -2.32. The Morgan fingerprint density at radius 3 is 2.89 bits per heavy atom. The van der Waals surface area contributed by atoms with E-state index in [2.05, 4.69) is 10.3 Å². The molecule has 0 bridgehead atoms. The molecule has 0 amide bonds. The molecular weight excluding hydrogens is 232 g/mol. The van der Waals surface area contributed by atoms with Gasteiger partial charge in [0, 0.05) is 26.4 Å². The largest absolute Gasteiger partial charge is 0.389 e. The van der Waals surface area contributed by atoms with Crippen LogP contribution in [0.25, 0.3) is 0 Å². The molecule has 1 aromatic heterocycles. The molecule has 5 nitrogen and oxygen atoms in total. The van der Waals surface area contributed by atoms with Gasteiger partial charge < -0.3 is 19.9 Å². The molecule has 1 heterocycles. The summed E-state index contributed by atoms with van der Waals surface area (Å²) >= 11 is 0. The van der Waals surface area contributed by atoms with Gasteiger partial charge >= 0.3 is 0 Å². The van der Waals surface area contributed by atoms with Crippen LogP contribution in [-0.4, -0.2) is 49.2 Å². The molecule has 1 rings (SSSR count). The fourth-order valence-electron chi connectivity index (χ4n) is 1.49. The summed E-state index contributed by atoms with van der Waals surface area (Å²) in [6, 6.07) is 5.76. The summed E-state index contributed by atoms with van der Waals surface area (Å²) in [4.78, 5) is 4.18. The van der Waals surface area contributed by atoms with E-state index in [9.17, 15) is 5.11 Å². The number of ether oxygens (including phenoxy) is 2. The van der Waals surface area contributed by atoms with Gasteiger partial charge in [0.2, 0.25) is 0 Å². The highest BCUT2D eigenvalue weighted by Gasteiger charge is 2.07. The highest BCUT2D eigenvalue weighted by molar-refractivity contribution is 5.02. The second kappa shape index (κ2) is 8.99. The van der Waals surface area contributed by atoms with Crippen molar-refractivity contribution in [2.24, 2.45) is 0 Å². The van der Waals surface area contributed by atoms with Crippen LogP contribution >= 0.6 is 0 Å². The zero-order valence-corrected chi connectivity index (χ0v) is 11.0. The number of aliphatic hydroxyl groups is 1. The summed E-state index contributed by atoms with van der Waals surface area (Å²) in [5, 5.41) is 12.8. The Kier molecular flexibility index (Phi) is 7.52. The first kappa shape index (κ1) is 15.0. The number of rotatable bonds is 9. The smallest absolute Gasteiger partial charge is 0.0897 e. The summed E-state index contributed by atoms with van der Waals surface area (Å²) in [5.41, 5.74) is 0.957. The number of hydrogen-bond donors (Lipinski definition) is 2. The predicted molar refractivity (Wildman–Crippen MR) is 69.2 cm³/mol. The Morgan fingerprint density at radius 2 is 2.22 bits per heavy atom. The Bertz CT molecular complexity index is 308. The fraction of sp³-hybridized carbons (Fsp3) is 0.615. The number of hydrogen-bond acceptors (Lipinski definition) is 5. The van der Waals surface area contributed by atoms with Gasteiger partial charge in [0.15, 0.2) is 0 Å². The van der Waals surface area contributed by atoms with Gasteiger partial charge in [-0.3, -0.25) is 4.98 Å². The Hall–Kier alpha value is -1.01. The third-order valence-corrected chi connectivity index (χ3v) is 2.39. The van der Waals surface area contributed by atoms with E-state index in [-0.39, 0.29) is 6.10 Å². The molecule has 0 aromatic carbocycles. The van der Waals surface area contributed by atoms with E-state index < -0.39 is 6.10 Å². The first-order valence-electron chi connectivity index (χ1n) is 6.11. The van der Waals surface area contributed by atoms with Crippen molar-refractivity contribution >= 4 is 0 Å². The van der Waals surface area contributed by atoms with Gasteiger partial charge in [0.05, 0.1) is 31.1 Å². The minimum Gasteiger partial charge on any atom is -0.389 e. The number of pyridine rings is 1. The molecule has 0 aliphatic heterocycles. The van der Waals surface area contributed by atoms with Crippen molar-refractivity contribution in [3.8, 4) is 0 Å². The molecule has 2 unspecified atom stereocenters. The van der Waals surface area contributed by atoms with Crippen molar-refractivity contribution in [1.82, 2.24) is 10.3 Å². The van der Waals surface area contributed by atoms with Crippen molar-refractivity contribution in [2.75, 3.05) is 26.9 Å². The summed E-state index contributed by atoms with van der Waals surface area (Å²) in [7, 11) is 1.63. The van der Waals surface area contributed by atoms with Gasteiger partial charge in [-0.2, -0.15) is 0 Å². The van der Waals surface area contributed by atoms with Crippen LogP contribution in [0.1, 0.15) is 12.6 Å². The van der Waals surface area contributed by atoms with Crippen LogP contribution in [-0.2, 0) is 16.0 Å². The molecule has 2 N–H and O–H groups in total. The summed E-state index contributed by atoms with van der Waals surface area (Å²) in [6.45, 7) is 3.88. The maximum Gasteiger partial charge on any atom is 0.0897 e. The van der Waals surface area contributed by atoms with Crippen LogP contribution in [0, 0.1) is 0 Å². The van der Waals surface area contributed by atoms with E-state index in [1.165, 1.54) is 0 Å². The van der Waals surface area contributed by atoms with E-state index in [1.54, 1.807) is 13.3 Å². The lowest BCUT2D eigenvalue weighted by molar-refractivity contribution is -0.0311. The first-order chi connectivity index (χ1) is 8.72. The standard InChI is InChI=1S/C13H22N2O3/c1-11(9-17-2)18-10-13(16)8-14-7-12-5-3-4-6-15-12/h3-6,11,13-14,16H,7-10H2,1-2H3. The summed E-state index contributed by atoms with van der Waals surface area (Å²) in [5.74, 6) is 0. The van der Waals surface area contributed by atoms with Crippen LogP contribution in [0.3, 0.4) is 0 Å². The van der Waals surface area contributed by atoms with Crippen LogP contribution in [0.5, 0.6) is 0 Å². The minimum absolute atomic E-state index is 0.000407. The molecule has 0 radical (unpaired) electrons. The Balaban J connectivity index is 2.08. The van der Waals surface area contributed by atoms with Gasteiger partial charge in [-0.05, 0) is 19.1 Å². The van der Waals surface area contributed by atoms with Crippen molar-refractivity contribution < 1.29 is 14.6 Å². The van der Waals surface area contributed by atoms with Crippen molar-refractivity contribution in [3.63, 3.8) is 0 Å². The second-order valence-electron chi connectivity index (χ2n) is 4.21. The van der Waals surface area contributed by atoms with Gasteiger partial charge in [-0.25, -0.2) is 0 Å². The van der Waals surface area contributed by atoms with Crippen molar-refractivity contribution in [1.29, 1.82) is 0 Å². The monoisotopic (exact) mass is 254 g/mol. The molecule has 0 aliphatic rings. The maximum atomic E-state index is 9.70. The third-order valence-electron chi connectivity index (χ3n) is 2.39. The maximum absolute atomic E-state index is 9.70. The summed E-state index contributed by atoms with van der Waals surface area (Å²) in [6.07, 6.45) is 1.23. The lowest BCUT2D eigenvalue weighted by Gasteiger charge is -2.16. The molecule has 0 saturated heterocycles.